The molecule has 0 aliphatic heterocycles. The Morgan fingerprint density at radius 3 is 2.55 bits per heavy atom. The van der Waals surface area contributed by atoms with Crippen LogP contribution in [0.15, 0.2) is 0 Å². The van der Waals surface area contributed by atoms with Gasteiger partial charge >= 0.3 is 0 Å². The van der Waals surface area contributed by atoms with E-state index in [2.05, 4.69) is 10.2 Å². The quantitative estimate of drug-likeness (QED) is 0.649. The number of carbonyl (C=O) groups is 2. The van der Waals surface area contributed by atoms with Crippen molar-refractivity contribution in [1.29, 1.82) is 0 Å². The molecule has 7 heteroatoms. The Morgan fingerprint density at radius 2 is 2.00 bits per heavy atom. The van der Waals surface area contributed by atoms with Crippen molar-refractivity contribution < 1.29 is 9.59 Å². The highest BCUT2D eigenvalue weighted by molar-refractivity contribution is 5.99. The van der Waals surface area contributed by atoms with Gasteiger partial charge in [-0.1, -0.05) is 26.7 Å². The predicted molar refractivity (Wildman–Crippen MR) is 77.0 cm³/mol. The number of nitrogens with two attached hydrogens (primary N) is 2. The molecular weight excluding hydrogens is 258 g/mol. The molecule has 20 heavy (non-hydrogen) atoms. The van der Waals surface area contributed by atoms with E-state index in [9.17, 15) is 9.59 Å². The van der Waals surface area contributed by atoms with E-state index < -0.39 is 5.91 Å². The molecule has 0 saturated carbocycles. The number of H-pyrrole nitrogens is 1. The van der Waals surface area contributed by atoms with Gasteiger partial charge in [-0.05, 0) is 12.8 Å². The first-order valence-corrected chi connectivity index (χ1v) is 6.91. The number of hydrogen-bond acceptors (Lipinski definition) is 4. The van der Waals surface area contributed by atoms with Gasteiger partial charge in [0.15, 0.2) is 5.69 Å². The van der Waals surface area contributed by atoms with Crippen molar-refractivity contribution in [2.75, 3.05) is 18.8 Å². The minimum atomic E-state index is -0.544. The summed E-state index contributed by atoms with van der Waals surface area (Å²) in [6.07, 6.45) is 3.35. The summed E-state index contributed by atoms with van der Waals surface area (Å²) >= 11 is 0. The molecule has 0 aliphatic carbocycles. The summed E-state index contributed by atoms with van der Waals surface area (Å²) in [5, 5.41) is 6.76. The number of primary amides is 1. The molecule has 0 saturated heterocycles. The van der Waals surface area contributed by atoms with Crippen molar-refractivity contribution in [2.45, 2.75) is 39.5 Å². The third-order valence-electron chi connectivity index (χ3n) is 3.00. The lowest BCUT2D eigenvalue weighted by molar-refractivity contribution is -0.118. The van der Waals surface area contributed by atoms with E-state index in [0.717, 1.165) is 31.4 Å². The molecule has 0 spiro atoms. The molecule has 1 aromatic rings. The molecule has 7 nitrogen and oxygen atoms in total. The first-order chi connectivity index (χ1) is 9.51. The van der Waals surface area contributed by atoms with Crippen LogP contribution in [0.25, 0.3) is 0 Å². The molecule has 0 aliphatic rings. The number of carbonyl (C=O) groups excluding carboxylic acids is 2. The molecule has 0 atom stereocenters. The van der Waals surface area contributed by atoms with Crippen LogP contribution in [0, 0.1) is 0 Å². The topological polar surface area (TPSA) is 118 Å². The van der Waals surface area contributed by atoms with Gasteiger partial charge in [0.05, 0.1) is 17.9 Å². The second-order valence-electron chi connectivity index (χ2n) is 4.76. The molecule has 0 fully saturated rings. The fourth-order valence-electron chi connectivity index (χ4n) is 1.93. The summed E-state index contributed by atoms with van der Waals surface area (Å²) in [6.45, 7) is 4.37. The molecule has 1 aromatic heterocycles. The summed E-state index contributed by atoms with van der Waals surface area (Å²) in [6, 6.07) is 0. The first-order valence-electron chi connectivity index (χ1n) is 6.91. The minimum Gasteiger partial charge on any atom is -0.395 e. The van der Waals surface area contributed by atoms with E-state index in [1.54, 1.807) is 0 Å². The Morgan fingerprint density at radius 1 is 1.30 bits per heavy atom. The van der Waals surface area contributed by atoms with Crippen LogP contribution in [0.5, 0.6) is 0 Å². The van der Waals surface area contributed by atoms with E-state index in [1.165, 1.54) is 4.90 Å². The second-order valence-corrected chi connectivity index (χ2v) is 4.76. The Hall–Kier alpha value is -2.05. The van der Waals surface area contributed by atoms with E-state index in [4.69, 9.17) is 11.5 Å². The highest BCUT2D eigenvalue weighted by Gasteiger charge is 2.23. The number of nitrogen functional groups attached to an aromatic ring is 1. The summed E-state index contributed by atoms with van der Waals surface area (Å²) in [7, 11) is 0. The van der Waals surface area contributed by atoms with Crippen molar-refractivity contribution >= 4 is 17.5 Å². The molecular formula is C13H23N5O2. The minimum absolute atomic E-state index is 0.117. The number of aromatic nitrogens is 2. The van der Waals surface area contributed by atoms with E-state index in [1.807, 2.05) is 13.8 Å². The molecule has 112 valence electrons. The van der Waals surface area contributed by atoms with Crippen LogP contribution in [0.2, 0.25) is 0 Å². The van der Waals surface area contributed by atoms with Crippen molar-refractivity contribution in [3.05, 3.63) is 11.4 Å². The van der Waals surface area contributed by atoms with Crippen molar-refractivity contribution in [2.24, 2.45) is 5.73 Å². The van der Waals surface area contributed by atoms with Crippen LogP contribution in [0.4, 0.5) is 5.69 Å². The maximum Gasteiger partial charge on any atom is 0.276 e. The van der Waals surface area contributed by atoms with Gasteiger partial charge in [0.1, 0.15) is 0 Å². The number of nitrogens with one attached hydrogen (secondary N) is 1. The Bertz CT molecular complexity index is 469. The van der Waals surface area contributed by atoms with Gasteiger partial charge in [0.25, 0.3) is 5.91 Å². The maximum absolute atomic E-state index is 12.4. The fraction of sp³-hybridized carbons (Fsp3) is 0.615. The number of unbranched alkanes of at least 4 members (excludes halogenated alkanes) is 1. The van der Waals surface area contributed by atoms with Gasteiger partial charge in [0, 0.05) is 6.54 Å². The Kier molecular flexibility index (Phi) is 6.02. The summed E-state index contributed by atoms with van der Waals surface area (Å²) in [5.74, 6) is -0.898. The fourth-order valence-corrected chi connectivity index (χ4v) is 1.93. The SMILES string of the molecule is CCCCN(CC(N)=O)C(=O)c1n[nH]c(CCC)c1N. The standard InChI is InChI=1S/C13H23N5O2/c1-3-5-7-18(8-10(14)19)13(20)12-11(15)9(6-4-2)16-17-12/h3-8,15H2,1-2H3,(H2,14,19)(H,16,17). The lowest BCUT2D eigenvalue weighted by Crippen LogP contribution is -2.39. The van der Waals surface area contributed by atoms with Gasteiger partial charge in [-0.15, -0.1) is 0 Å². The van der Waals surface area contributed by atoms with Gasteiger partial charge < -0.3 is 16.4 Å². The number of anilines is 1. The summed E-state index contributed by atoms with van der Waals surface area (Å²) in [5.41, 5.74) is 12.4. The Labute approximate surface area is 118 Å². The van der Waals surface area contributed by atoms with Crippen LogP contribution in [-0.4, -0.2) is 40.0 Å². The van der Waals surface area contributed by atoms with Gasteiger partial charge in [-0.3, -0.25) is 14.7 Å². The molecule has 0 radical (unpaired) electrons. The third-order valence-corrected chi connectivity index (χ3v) is 3.00. The largest absolute Gasteiger partial charge is 0.395 e. The number of hydrogen-bond donors (Lipinski definition) is 3. The maximum atomic E-state index is 12.4. The number of rotatable bonds is 8. The zero-order valence-electron chi connectivity index (χ0n) is 12.1. The molecule has 2 amide bonds. The predicted octanol–water partition coefficient (Wildman–Crippen LogP) is 0.672. The summed E-state index contributed by atoms with van der Waals surface area (Å²) < 4.78 is 0. The molecule has 5 N–H and O–H groups in total. The lowest BCUT2D eigenvalue weighted by Gasteiger charge is -2.20. The number of aromatic amines is 1. The smallest absolute Gasteiger partial charge is 0.276 e. The van der Waals surface area contributed by atoms with Gasteiger partial charge in [0.2, 0.25) is 5.91 Å². The second kappa shape index (κ2) is 7.52. The highest BCUT2D eigenvalue weighted by Crippen LogP contribution is 2.17. The van der Waals surface area contributed by atoms with E-state index >= 15 is 0 Å². The number of nitrogens with zero attached hydrogens (tertiary/aromatic N) is 2. The van der Waals surface area contributed by atoms with E-state index in [0.29, 0.717) is 12.2 Å². The van der Waals surface area contributed by atoms with Gasteiger partial charge in [-0.25, -0.2) is 0 Å². The van der Waals surface area contributed by atoms with Crippen molar-refractivity contribution in [1.82, 2.24) is 15.1 Å². The van der Waals surface area contributed by atoms with Crippen LogP contribution >= 0.6 is 0 Å². The average molecular weight is 281 g/mol. The zero-order chi connectivity index (χ0) is 15.1. The van der Waals surface area contributed by atoms with Crippen LogP contribution in [0.3, 0.4) is 0 Å². The zero-order valence-corrected chi connectivity index (χ0v) is 12.1. The Balaban J connectivity index is 2.90. The number of aryl methyl sites for hydroxylation is 1. The van der Waals surface area contributed by atoms with Crippen molar-refractivity contribution in [3.8, 4) is 0 Å². The molecule has 1 heterocycles. The number of amides is 2. The van der Waals surface area contributed by atoms with Gasteiger partial charge in [-0.2, -0.15) is 5.10 Å². The molecule has 0 unspecified atom stereocenters. The normalized spacial score (nSPS) is 10.5. The first kappa shape index (κ1) is 16.0. The van der Waals surface area contributed by atoms with Crippen LogP contribution in [0.1, 0.15) is 49.3 Å². The molecule has 0 bridgehead atoms. The van der Waals surface area contributed by atoms with Crippen LogP contribution in [-0.2, 0) is 11.2 Å². The molecule has 1 rings (SSSR count). The van der Waals surface area contributed by atoms with Crippen LogP contribution < -0.4 is 11.5 Å². The average Bonchev–Trinajstić information content (AvgIpc) is 2.75. The monoisotopic (exact) mass is 281 g/mol. The molecule has 0 aromatic carbocycles. The van der Waals surface area contributed by atoms with Crippen molar-refractivity contribution in [3.63, 3.8) is 0 Å². The third kappa shape index (κ3) is 3.97. The van der Waals surface area contributed by atoms with E-state index in [-0.39, 0.29) is 18.1 Å². The summed E-state index contributed by atoms with van der Waals surface area (Å²) in [4.78, 5) is 24.8. The lowest BCUT2D eigenvalue weighted by atomic mass is 10.2. The highest BCUT2D eigenvalue weighted by atomic mass is 16.2.